The minimum absolute atomic E-state index is 0.120. The predicted octanol–water partition coefficient (Wildman–Crippen LogP) is 2.70. The quantitative estimate of drug-likeness (QED) is 0.864. The van der Waals surface area contributed by atoms with E-state index in [1.807, 2.05) is 0 Å². The largest absolute Gasteiger partial charge is 0.325 e. The molecular weight excluding hydrogens is 343 g/mol. The van der Waals surface area contributed by atoms with Crippen LogP contribution in [0.1, 0.15) is 5.56 Å². The zero-order valence-electron chi connectivity index (χ0n) is 12.1. The van der Waals surface area contributed by atoms with E-state index < -0.39 is 28.3 Å². The molecule has 0 aliphatic carbocycles. The van der Waals surface area contributed by atoms with Gasteiger partial charge in [-0.25, -0.2) is 17.5 Å². The number of nitrogens with one attached hydrogen (secondary N) is 2. The molecule has 0 saturated heterocycles. The Kier molecular flexibility index (Phi) is 5.35. The summed E-state index contributed by atoms with van der Waals surface area (Å²) in [4.78, 5) is 11.7. The van der Waals surface area contributed by atoms with Gasteiger partial charge >= 0.3 is 0 Å². The number of hydrogen-bond donors (Lipinski definition) is 2. The van der Waals surface area contributed by atoms with Crippen molar-refractivity contribution >= 4 is 33.2 Å². The number of benzene rings is 2. The molecule has 1 amide bonds. The molecule has 0 heterocycles. The van der Waals surface area contributed by atoms with E-state index in [-0.39, 0.29) is 4.90 Å². The Bertz CT molecular complexity index is 823. The van der Waals surface area contributed by atoms with Gasteiger partial charge in [-0.2, -0.15) is 0 Å². The van der Waals surface area contributed by atoms with Gasteiger partial charge in [0.15, 0.2) is 0 Å². The van der Waals surface area contributed by atoms with Gasteiger partial charge in [-0.3, -0.25) is 4.79 Å². The van der Waals surface area contributed by atoms with Gasteiger partial charge in [0.1, 0.15) is 5.82 Å². The molecule has 0 atom stereocenters. The SMILES string of the molecule is Cc1ccc(Cl)cc1NC(=O)CNS(=O)(=O)c1ccc(F)cc1. The smallest absolute Gasteiger partial charge is 0.241 e. The molecule has 0 spiro atoms. The van der Waals surface area contributed by atoms with E-state index in [0.717, 1.165) is 29.8 Å². The van der Waals surface area contributed by atoms with Gasteiger partial charge in [0, 0.05) is 10.7 Å². The highest BCUT2D eigenvalue weighted by atomic mass is 35.5. The fraction of sp³-hybridized carbons (Fsp3) is 0.133. The van der Waals surface area contributed by atoms with Gasteiger partial charge in [0.05, 0.1) is 11.4 Å². The molecular formula is C15H14ClFN2O3S. The average molecular weight is 357 g/mol. The number of aryl methyl sites for hydroxylation is 1. The van der Waals surface area contributed by atoms with Gasteiger partial charge in [-0.15, -0.1) is 0 Å². The van der Waals surface area contributed by atoms with Crippen molar-refractivity contribution in [2.75, 3.05) is 11.9 Å². The highest BCUT2D eigenvalue weighted by molar-refractivity contribution is 7.89. The number of rotatable bonds is 5. The topological polar surface area (TPSA) is 75.3 Å². The second-order valence-electron chi connectivity index (χ2n) is 4.79. The molecule has 0 bridgehead atoms. The standard InChI is InChI=1S/C15H14ClFN2O3S/c1-10-2-3-11(16)8-14(10)19-15(20)9-18-23(21,22)13-6-4-12(17)5-7-13/h2-8,18H,9H2,1H3,(H,19,20). The van der Waals surface area contributed by atoms with Crippen LogP contribution in [0.15, 0.2) is 47.4 Å². The fourth-order valence-corrected chi connectivity index (χ4v) is 2.94. The van der Waals surface area contributed by atoms with E-state index in [4.69, 9.17) is 11.6 Å². The molecule has 0 aromatic heterocycles. The van der Waals surface area contributed by atoms with Gasteiger partial charge in [-0.05, 0) is 48.9 Å². The van der Waals surface area contributed by atoms with Gasteiger partial charge in [-0.1, -0.05) is 17.7 Å². The molecule has 2 rings (SSSR count). The number of sulfonamides is 1. The summed E-state index contributed by atoms with van der Waals surface area (Å²) < 4.78 is 38.9. The lowest BCUT2D eigenvalue weighted by atomic mass is 10.2. The molecule has 2 aromatic rings. The molecule has 0 fully saturated rings. The first-order valence-electron chi connectivity index (χ1n) is 6.59. The lowest BCUT2D eigenvalue weighted by Gasteiger charge is -2.10. The molecule has 23 heavy (non-hydrogen) atoms. The van der Waals surface area contributed by atoms with Crippen LogP contribution in [0.3, 0.4) is 0 Å². The van der Waals surface area contributed by atoms with Crippen LogP contribution in [-0.2, 0) is 14.8 Å². The van der Waals surface area contributed by atoms with Crippen LogP contribution >= 0.6 is 11.6 Å². The Balaban J connectivity index is 2.01. The molecule has 2 aromatic carbocycles. The molecule has 0 radical (unpaired) electrons. The Hall–Kier alpha value is -1.96. The number of anilines is 1. The molecule has 2 N–H and O–H groups in total. The van der Waals surface area contributed by atoms with Crippen LogP contribution in [-0.4, -0.2) is 20.9 Å². The minimum atomic E-state index is -3.89. The third-order valence-corrected chi connectivity index (χ3v) is 4.67. The van der Waals surface area contributed by atoms with Crippen molar-refractivity contribution in [3.05, 3.63) is 58.9 Å². The average Bonchev–Trinajstić information content (AvgIpc) is 2.49. The maximum absolute atomic E-state index is 12.8. The van der Waals surface area contributed by atoms with Gasteiger partial charge < -0.3 is 5.32 Å². The Morgan fingerprint density at radius 3 is 2.48 bits per heavy atom. The summed E-state index contributed by atoms with van der Waals surface area (Å²) in [6.07, 6.45) is 0. The molecule has 0 aliphatic rings. The highest BCUT2D eigenvalue weighted by Gasteiger charge is 2.16. The maximum Gasteiger partial charge on any atom is 0.241 e. The summed E-state index contributed by atoms with van der Waals surface area (Å²) in [6.45, 7) is 1.33. The van der Waals surface area contributed by atoms with E-state index >= 15 is 0 Å². The predicted molar refractivity (Wildman–Crippen MR) is 86.4 cm³/mol. The van der Waals surface area contributed by atoms with Crippen molar-refractivity contribution in [2.45, 2.75) is 11.8 Å². The Morgan fingerprint density at radius 2 is 1.83 bits per heavy atom. The number of hydrogen-bond acceptors (Lipinski definition) is 3. The Morgan fingerprint density at radius 1 is 1.17 bits per heavy atom. The summed E-state index contributed by atoms with van der Waals surface area (Å²) in [6, 6.07) is 9.30. The normalized spacial score (nSPS) is 11.3. The van der Waals surface area contributed by atoms with Crippen LogP contribution in [0.5, 0.6) is 0 Å². The van der Waals surface area contributed by atoms with Crippen molar-refractivity contribution in [3.8, 4) is 0 Å². The molecule has 0 aliphatic heterocycles. The lowest BCUT2D eigenvalue weighted by Crippen LogP contribution is -2.33. The van der Waals surface area contributed by atoms with Gasteiger partial charge in [0.2, 0.25) is 15.9 Å². The van der Waals surface area contributed by atoms with Crippen LogP contribution in [0.25, 0.3) is 0 Å². The molecule has 8 heteroatoms. The van der Waals surface area contributed by atoms with Crippen molar-refractivity contribution in [1.29, 1.82) is 0 Å². The lowest BCUT2D eigenvalue weighted by molar-refractivity contribution is -0.115. The number of carbonyl (C=O) groups is 1. The van der Waals surface area contributed by atoms with E-state index in [1.54, 1.807) is 25.1 Å². The van der Waals surface area contributed by atoms with Crippen LogP contribution in [0.4, 0.5) is 10.1 Å². The molecule has 122 valence electrons. The van der Waals surface area contributed by atoms with Crippen molar-refractivity contribution in [2.24, 2.45) is 0 Å². The zero-order valence-corrected chi connectivity index (χ0v) is 13.7. The summed E-state index contributed by atoms with van der Waals surface area (Å²) in [5.41, 5.74) is 1.30. The number of carbonyl (C=O) groups excluding carboxylic acids is 1. The minimum Gasteiger partial charge on any atom is -0.325 e. The first-order valence-corrected chi connectivity index (χ1v) is 8.45. The third kappa shape index (κ3) is 4.75. The summed E-state index contributed by atoms with van der Waals surface area (Å²) >= 11 is 5.85. The van der Waals surface area contributed by atoms with E-state index in [0.29, 0.717) is 10.7 Å². The number of halogens is 2. The van der Waals surface area contributed by atoms with Gasteiger partial charge in [0.25, 0.3) is 0 Å². The van der Waals surface area contributed by atoms with Crippen LogP contribution in [0.2, 0.25) is 5.02 Å². The molecule has 0 unspecified atom stereocenters. The van der Waals surface area contributed by atoms with Crippen molar-refractivity contribution in [3.63, 3.8) is 0 Å². The van der Waals surface area contributed by atoms with Crippen LogP contribution in [0, 0.1) is 12.7 Å². The molecule has 0 saturated carbocycles. The second kappa shape index (κ2) is 7.08. The van der Waals surface area contributed by atoms with E-state index in [9.17, 15) is 17.6 Å². The Labute approximate surface area is 138 Å². The summed E-state index contributed by atoms with van der Waals surface area (Å²) in [5, 5.41) is 3.03. The zero-order chi connectivity index (χ0) is 17.0. The van der Waals surface area contributed by atoms with Crippen LogP contribution < -0.4 is 10.0 Å². The first-order chi connectivity index (χ1) is 10.8. The first kappa shape index (κ1) is 17.4. The van der Waals surface area contributed by atoms with E-state index in [2.05, 4.69) is 10.0 Å². The maximum atomic E-state index is 12.8. The van der Waals surface area contributed by atoms with Crippen molar-refractivity contribution in [1.82, 2.24) is 4.72 Å². The highest BCUT2D eigenvalue weighted by Crippen LogP contribution is 2.20. The monoisotopic (exact) mass is 356 g/mol. The third-order valence-electron chi connectivity index (χ3n) is 3.02. The van der Waals surface area contributed by atoms with Crippen molar-refractivity contribution < 1.29 is 17.6 Å². The summed E-state index contributed by atoms with van der Waals surface area (Å²) in [5.74, 6) is -1.08. The van der Waals surface area contributed by atoms with E-state index in [1.165, 1.54) is 0 Å². The fourth-order valence-electron chi connectivity index (χ4n) is 1.78. The second-order valence-corrected chi connectivity index (χ2v) is 6.99. The molecule has 5 nitrogen and oxygen atoms in total. The number of amides is 1. The summed E-state index contributed by atoms with van der Waals surface area (Å²) in [7, 11) is -3.89.